The Morgan fingerprint density at radius 1 is 0.947 bits per heavy atom. The lowest BCUT2D eigenvalue weighted by Gasteiger charge is -2.29. The van der Waals surface area contributed by atoms with Crippen LogP contribution < -0.4 is 4.90 Å². The van der Waals surface area contributed by atoms with E-state index in [1.807, 2.05) is 30.3 Å². The molecule has 2 aromatic carbocycles. The molecule has 0 N–H and O–H groups in total. The highest BCUT2D eigenvalue weighted by atomic mass is 16.6. The van der Waals surface area contributed by atoms with Crippen LogP contribution in [0.5, 0.6) is 0 Å². The Morgan fingerprint density at radius 3 is 1.95 bits per heavy atom. The minimum absolute atomic E-state index is 0.112. The van der Waals surface area contributed by atoms with E-state index in [-0.39, 0.29) is 16.7 Å². The van der Waals surface area contributed by atoms with Crippen LogP contribution in [0.25, 0.3) is 0 Å². The van der Waals surface area contributed by atoms with E-state index >= 15 is 0 Å². The Morgan fingerprint density at radius 2 is 1.47 bits per heavy atom. The predicted octanol–water partition coefficient (Wildman–Crippen LogP) is 4.14. The number of nitro benzene ring substituents is 1. The van der Waals surface area contributed by atoms with Crippen molar-refractivity contribution >= 4 is 17.1 Å². The Labute approximate surface area is 112 Å². The molecule has 98 valence electrons. The van der Waals surface area contributed by atoms with E-state index in [4.69, 9.17) is 0 Å². The highest BCUT2D eigenvalue weighted by molar-refractivity contribution is 5.64. The Hall–Kier alpha value is -2.36. The molecular formula is C15H16N2O2. The van der Waals surface area contributed by atoms with Crippen LogP contribution in [-0.2, 0) is 0 Å². The number of non-ortho nitro benzene ring substituents is 1. The minimum atomic E-state index is -0.383. The van der Waals surface area contributed by atoms with Gasteiger partial charge in [-0.05, 0) is 38.1 Å². The molecule has 4 nitrogen and oxygen atoms in total. The average Bonchev–Trinajstić information content (AvgIpc) is 2.40. The maximum atomic E-state index is 10.7. The van der Waals surface area contributed by atoms with Crippen molar-refractivity contribution in [3.63, 3.8) is 0 Å². The van der Waals surface area contributed by atoms with Gasteiger partial charge in [-0.25, -0.2) is 0 Å². The summed E-state index contributed by atoms with van der Waals surface area (Å²) < 4.78 is 0. The lowest BCUT2D eigenvalue weighted by molar-refractivity contribution is -0.384. The summed E-state index contributed by atoms with van der Waals surface area (Å²) in [5.41, 5.74) is 2.14. The van der Waals surface area contributed by atoms with E-state index in [1.165, 1.54) is 12.1 Å². The predicted molar refractivity (Wildman–Crippen MR) is 76.8 cm³/mol. The first-order chi connectivity index (χ1) is 9.09. The van der Waals surface area contributed by atoms with E-state index in [0.29, 0.717) is 0 Å². The summed E-state index contributed by atoms with van der Waals surface area (Å²) >= 11 is 0. The topological polar surface area (TPSA) is 46.4 Å². The first kappa shape index (κ1) is 13.1. The molecule has 0 aliphatic rings. The van der Waals surface area contributed by atoms with Crippen molar-refractivity contribution in [3.8, 4) is 0 Å². The second-order valence-corrected chi connectivity index (χ2v) is 4.57. The van der Waals surface area contributed by atoms with E-state index in [1.54, 1.807) is 12.1 Å². The van der Waals surface area contributed by atoms with Crippen molar-refractivity contribution in [1.29, 1.82) is 0 Å². The van der Waals surface area contributed by atoms with Crippen molar-refractivity contribution in [3.05, 3.63) is 64.7 Å². The molecular weight excluding hydrogens is 240 g/mol. The van der Waals surface area contributed by atoms with Gasteiger partial charge in [-0.1, -0.05) is 18.2 Å². The highest BCUT2D eigenvalue weighted by Gasteiger charge is 2.14. The summed E-state index contributed by atoms with van der Waals surface area (Å²) in [6.07, 6.45) is 0. The zero-order valence-corrected chi connectivity index (χ0v) is 11.0. The highest BCUT2D eigenvalue weighted by Crippen LogP contribution is 2.28. The largest absolute Gasteiger partial charge is 0.339 e. The summed E-state index contributed by atoms with van der Waals surface area (Å²) in [5, 5.41) is 10.7. The first-order valence-corrected chi connectivity index (χ1v) is 6.18. The zero-order valence-electron chi connectivity index (χ0n) is 11.0. The molecule has 2 aromatic rings. The third-order valence-electron chi connectivity index (χ3n) is 2.89. The Bertz CT molecular complexity index is 550. The minimum Gasteiger partial charge on any atom is -0.339 e. The molecule has 0 saturated carbocycles. The molecule has 0 amide bonds. The molecule has 2 rings (SSSR count). The van der Waals surface area contributed by atoms with Gasteiger partial charge in [-0.15, -0.1) is 0 Å². The standard InChI is InChI=1S/C15H16N2O2/c1-12(2)16(13-6-4-3-5-7-13)14-8-10-15(11-9-14)17(18)19/h3-12H,1-2H3. The zero-order chi connectivity index (χ0) is 13.8. The second-order valence-electron chi connectivity index (χ2n) is 4.57. The fourth-order valence-electron chi connectivity index (χ4n) is 2.07. The summed E-state index contributed by atoms with van der Waals surface area (Å²) in [5.74, 6) is 0. The summed E-state index contributed by atoms with van der Waals surface area (Å²) in [4.78, 5) is 12.4. The third kappa shape index (κ3) is 2.91. The normalized spacial score (nSPS) is 10.5. The van der Waals surface area contributed by atoms with E-state index in [0.717, 1.165) is 11.4 Å². The smallest absolute Gasteiger partial charge is 0.269 e. The number of benzene rings is 2. The van der Waals surface area contributed by atoms with Gasteiger partial charge in [0, 0.05) is 29.5 Å². The molecule has 0 bridgehead atoms. The molecule has 0 radical (unpaired) electrons. The number of nitrogens with zero attached hydrogens (tertiary/aromatic N) is 2. The van der Waals surface area contributed by atoms with Crippen molar-refractivity contribution < 1.29 is 4.92 Å². The number of hydrogen-bond acceptors (Lipinski definition) is 3. The van der Waals surface area contributed by atoms with Crippen LogP contribution in [0.15, 0.2) is 54.6 Å². The molecule has 0 aromatic heterocycles. The number of para-hydroxylation sites is 1. The van der Waals surface area contributed by atoms with E-state index in [9.17, 15) is 10.1 Å². The molecule has 4 heteroatoms. The van der Waals surface area contributed by atoms with Crippen LogP contribution in [0.4, 0.5) is 17.1 Å². The van der Waals surface area contributed by atoms with Gasteiger partial charge < -0.3 is 4.90 Å². The molecule has 0 unspecified atom stereocenters. The van der Waals surface area contributed by atoms with E-state index < -0.39 is 0 Å². The van der Waals surface area contributed by atoms with Crippen molar-refractivity contribution in [2.24, 2.45) is 0 Å². The molecule has 0 spiro atoms. The monoisotopic (exact) mass is 256 g/mol. The van der Waals surface area contributed by atoms with Gasteiger partial charge in [-0.2, -0.15) is 0 Å². The lowest BCUT2D eigenvalue weighted by Crippen LogP contribution is -2.25. The SMILES string of the molecule is CC(C)N(c1ccccc1)c1ccc([N+](=O)[O-])cc1. The van der Waals surface area contributed by atoms with Crippen LogP contribution in [0.1, 0.15) is 13.8 Å². The van der Waals surface area contributed by atoms with Crippen LogP contribution in [0, 0.1) is 10.1 Å². The van der Waals surface area contributed by atoms with Gasteiger partial charge in [-0.3, -0.25) is 10.1 Å². The number of anilines is 2. The molecule has 0 saturated heterocycles. The molecule has 0 atom stereocenters. The van der Waals surface area contributed by atoms with Gasteiger partial charge in [0.25, 0.3) is 5.69 Å². The average molecular weight is 256 g/mol. The van der Waals surface area contributed by atoms with Crippen LogP contribution >= 0.6 is 0 Å². The van der Waals surface area contributed by atoms with Crippen LogP contribution in [0.2, 0.25) is 0 Å². The van der Waals surface area contributed by atoms with Crippen molar-refractivity contribution in [2.45, 2.75) is 19.9 Å². The van der Waals surface area contributed by atoms with Crippen molar-refractivity contribution in [2.75, 3.05) is 4.90 Å². The van der Waals surface area contributed by atoms with E-state index in [2.05, 4.69) is 18.7 Å². The molecule has 19 heavy (non-hydrogen) atoms. The van der Waals surface area contributed by atoms with Gasteiger partial charge >= 0.3 is 0 Å². The number of rotatable bonds is 4. The summed E-state index contributed by atoms with van der Waals surface area (Å²) in [7, 11) is 0. The van der Waals surface area contributed by atoms with Gasteiger partial charge in [0.15, 0.2) is 0 Å². The molecule has 0 fully saturated rings. The maximum absolute atomic E-state index is 10.7. The van der Waals surface area contributed by atoms with Gasteiger partial charge in [0.2, 0.25) is 0 Å². The molecule has 0 heterocycles. The Balaban J connectivity index is 2.37. The first-order valence-electron chi connectivity index (χ1n) is 6.18. The molecule has 0 aliphatic heterocycles. The third-order valence-corrected chi connectivity index (χ3v) is 2.89. The second kappa shape index (κ2) is 5.52. The fourth-order valence-corrected chi connectivity index (χ4v) is 2.07. The van der Waals surface area contributed by atoms with Crippen LogP contribution in [-0.4, -0.2) is 11.0 Å². The summed E-state index contributed by atoms with van der Waals surface area (Å²) in [6, 6.07) is 16.9. The van der Waals surface area contributed by atoms with Crippen LogP contribution in [0.3, 0.4) is 0 Å². The van der Waals surface area contributed by atoms with Gasteiger partial charge in [0.05, 0.1) is 4.92 Å². The number of hydrogen-bond donors (Lipinski definition) is 0. The summed E-state index contributed by atoms with van der Waals surface area (Å²) in [6.45, 7) is 4.18. The quantitative estimate of drug-likeness (QED) is 0.610. The van der Waals surface area contributed by atoms with Crippen molar-refractivity contribution in [1.82, 2.24) is 0 Å². The molecule has 0 aliphatic carbocycles. The fraction of sp³-hybridized carbons (Fsp3) is 0.200. The van der Waals surface area contributed by atoms with Gasteiger partial charge in [0.1, 0.15) is 0 Å². The number of nitro groups is 1. The lowest BCUT2D eigenvalue weighted by atomic mass is 10.2. The maximum Gasteiger partial charge on any atom is 0.269 e. The Kier molecular flexibility index (Phi) is 3.80.